The fourth-order valence-corrected chi connectivity index (χ4v) is 0.339. The van der Waals surface area contributed by atoms with Gasteiger partial charge in [-0.05, 0) is 13.8 Å². The molecule has 0 radical (unpaired) electrons. The Hall–Kier alpha value is -0.610. The molecule has 0 aromatic rings. The number of carbonyl (C=O) groups is 1. The number of rotatable bonds is 4. The molecule has 0 spiro atoms. The Morgan fingerprint density at radius 3 is 2.60 bits per heavy atom. The molecule has 0 aromatic carbocycles. The van der Waals surface area contributed by atoms with Crippen molar-refractivity contribution >= 4 is 5.97 Å². The summed E-state index contributed by atoms with van der Waals surface area (Å²) >= 11 is 0. The van der Waals surface area contributed by atoms with E-state index in [1.165, 1.54) is 7.11 Å². The van der Waals surface area contributed by atoms with E-state index < -0.39 is 0 Å². The number of ether oxygens (including phenoxy) is 1. The Kier molecular flexibility index (Phi) is 4.88. The van der Waals surface area contributed by atoms with Crippen LogP contribution in [-0.4, -0.2) is 25.7 Å². The van der Waals surface area contributed by atoms with Gasteiger partial charge in [0, 0.05) is 0 Å². The summed E-state index contributed by atoms with van der Waals surface area (Å²) in [5, 5.41) is 0. The first kappa shape index (κ1) is 9.39. The van der Waals surface area contributed by atoms with Crippen molar-refractivity contribution in [1.82, 2.24) is 5.48 Å². The SMILES string of the molecule is COC(=O)CNOC(C)C. The van der Waals surface area contributed by atoms with Crippen LogP contribution in [0.15, 0.2) is 0 Å². The van der Waals surface area contributed by atoms with E-state index in [-0.39, 0.29) is 18.6 Å². The summed E-state index contributed by atoms with van der Waals surface area (Å²) in [6, 6.07) is 0. The number of carbonyl (C=O) groups excluding carboxylic acids is 1. The number of methoxy groups -OCH3 is 1. The van der Waals surface area contributed by atoms with Gasteiger partial charge in [0.1, 0.15) is 6.54 Å². The zero-order valence-corrected chi connectivity index (χ0v) is 6.51. The van der Waals surface area contributed by atoms with E-state index in [0.29, 0.717) is 0 Å². The van der Waals surface area contributed by atoms with E-state index in [1.54, 1.807) is 0 Å². The molecular weight excluding hydrogens is 134 g/mol. The number of hydrogen-bond acceptors (Lipinski definition) is 4. The van der Waals surface area contributed by atoms with Crippen LogP contribution in [0.5, 0.6) is 0 Å². The maximum Gasteiger partial charge on any atom is 0.322 e. The van der Waals surface area contributed by atoms with Crippen molar-refractivity contribution in [2.75, 3.05) is 13.7 Å². The van der Waals surface area contributed by atoms with Gasteiger partial charge in [0.15, 0.2) is 0 Å². The van der Waals surface area contributed by atoms with Crippen LogP contribution in [0.1, 0.15) is 13.8 Å². The third-order valence-corrected chi connectivity index (χ3v) is 0.763. The summed E-state index contributed by atoms with van der Waals surface area (Å²) in [4.78, 5) is 15.3. The van der Waals surface area contributed by atoms with Crippen LogP contribution in [0.4, 0.5) is 0 Å². The van der Waals surface area contributed by atoms with Crippen molar-refractivity contribution in [3.63, 3.8) is 0 Å². The first-order chi connectivity index (χ1) is 4.66. The zero-order valence-electron chi connectivity index (χ0n) is 6.51. The van der Waals surface area contributed by atoms with Gasteiger partial charge in [-0.15, -0.1) is 0 Å². The highest BCUT2D eigenvalue weighted by Gasteiger charge is 1.98. The van der Waals surface area contributed by atoms with E-state index in [9.17, 15) is 4.79 Å². The molecule has 0 heterocycles. The highest BCUT2D eigenvalue weighted by atomic mass is 16.7. The monoisotopic (exact) mass is 147 g/mol. The number of hydrogen-bond donors (Lipinski definition) is 1. The predicted molar refractivity (Wildman–Crippen MR) is 36.2 cm³/mol. The maximum atomic E-state index is 10.4. The van der Waals surface area contributed by atoms with Crippen LogP contribution >= 0.6 is 0 Å². The molecule has 10 heavy (non-hydrogen) atoms. The lowest BCUT2D eigenvalue weighted by atomic mass is 10.5. The molecule has 0 aliphatic rings. The molecule has 0 saturated heterocycles. The molecule has 0 aliphatic heterocycles. The standard InChI is InChI=1S/C6H13NO3/c1-5(2)10-7-4-6(8)9-3/h5,7H,4H2,1-3H3. The fourth-order valence-electron chi connectivity index (χ4n) is 0.339. The van der Waals surface area contributed by atoms with E-state index in [4.69, 9.17) is 4.84 Å². The molecule has 4 nitrogen and oxygen atoms in total. The first-order valence-corrected chi connectivity index (χ1v) is 3.12. The van der Waals surface area contributed by atoms with Crippen LogP contribution in [0.3, 0.4) is 0 Å². The summed E-state index contributed by atoms with van der Waals surface area (Å²) in [5.74, 6) is -0.333. The minimum Gasteiger partial charge on any atom is -0.468 e. The second-order valence-electron chi connectivity index (χ2n) is 2.06. The van der Waals surface area contributed by atoms with Crippen LogP contribution < -0.4 is 5.48 Å². The molecule has 0 rings (SSSR count). The van der Waals surface area contributed by atoms with Crippen LogP contribution in [0.2, 0.25) is 0 Å². The van der Waals surface area contributed by atoms with Gasteiger partial charge in [-0.2, -0.15) is 5.48 Å². The first-order valence-electron chi connectivity index (χ1n) is 3.12. The predicted octanol–water partition coefficient (Wildman–Crippen LogP) is 0.0890. The smallest absolute Gasteiger partial charge is 0.322 e. The minimum absolute atomic E-state index is 0.0738. The molecule has 0 aromatic heterocycles. The van der Waals surface area contributed by atoms with Crippen molar-refractivity contribution in [2.24, 2.45) is 0 Å². The molecule has 0 aliphatic carbocycles. The van der Waals surface area contributed by atoms with Crippen molar-refractivity contribution in [2.45, 2.75) is 20.0 Å². The Balaban J connectivity index is 3.12. The summed E-state index contributed by atoms with van der Waals surface area (Å²) in [7, 11) is 1.33. The minimum atomic E-state index is -0.333. The lowest BCUT2D eigenvalue weighted by molar-refractivity contribution is -0.143. The van der Waals surface area contributed by atoms with E-state index in [1.807, 2.05) is 13.8 Å². The molecule has 0 saturated carbocycles. The molecule has 1 N–H and O–H groups in total. The summed E-state index contributed by atoms with van der Waals surface area (Å²) in [6.07, 6.45) is 0.0738. The second-order valence-corrected chi connectivity index (χ2v) is 2.06. The van der Waals surface area contributed by atoms with Crippen LogP contribution in [0.25, 0.3) is 0 Å². The Morgan fingerprint density at radius 2 is 2.20 bits per heavy atom. The van der Waals surface area contributed by atoms with Crippen LogP contribution in [0, 0.1) is 0 Å². The quantitative estimate of drug-likeness (QED) is 0.452. The van der Waals surface area contributed by atoms with E-state index >= 15 is 0 Å². The topological polar surface area (TPSA) is 47.6 Å². The molecule has 60 valence electrons. The highest BCUT2D eigenvalue weighted by molar-refractivity contribution is 5.71. The molecule has 0 amide bonds. The summed E-state index contributed by atoms with van der Waals surface area (Å²) in [5.41, 5.74) is 2.46. The van der Waals surface area contributed by atoms with Gasteiger partial charge in [0.05, 0.1) is 13.2 Å². The van der Waals surface area contributed by atoms with Crippen molar-refractivity contribution in [3.8, 4) is 0 Å². The average Bonchev–Trinajstić information content (AvgIpc) is 1.87. The van der Waals surface area contributed by atoms with E-state index in [2.05, 4.69) is 10.2 Å². The van der Waals surface area contributed by atoms with Crippen LogP contribution in [-0.2, 0) is 14.4 Å². The maximum absolute atomic E-state index is 10.4. The van der Waals surface area contributed by atoms with Crippen molar-refractivity contribution < 1.29 is 14.4 Å². The summed E-state index contributed by atoms with van der Waals surface area (Å²) in [6.45, 7) is 3.82. The lowest BCUT2D eigenvalue weighted by Crippen LogP contribution is -2.26. The average molecular weight is 147 g/mol. The highest BCUT2D eigenvalue weighted by Crippen LogP contribution is 1.81. The van der Waals surface area contributed by atoms with Gasteiger partial charge >= 0.3 is 5.97 Å². The molecule has 0 fully saturated rings. The number of hydroxylamine groups is 1. The Bertz CT molecular complexity index is 103. The lowest BCUT2D eigenvalue weighted by Gasteiger charge is -2.06. The molecule has 0 atom stereocenters. The largest absolute Gasteiger partial charge is 0.468 e. The Morgan fingerprint density at radius 1 is 1.60 bits per heavy atom. The molecule has 0 bridgehead atoms. The zero-order chi connectivity index (χ0) is 7.98. The van der Waals surface area contributed by atoms with Gasteiger partial charge in [-0.1, -0.05) is 0 Å². The van der Waals surface area contributed by atoms with Crippen molar-refractivity contribution in [1.29, 1.82) is 0 Å². The Labute approximate surface area is 60.5 Å². The van der Waals surface area contributed by atoms with Gasteiger partial charge in [-0.3, -0.25) is 9.63 Å². The van der Waals surface area contributed by atoms with Gasteiger partial charge < -0.3 is 4.74 Å². The van der Waals surface area contributed by atoms with Gasteiger partial charge in [0.25, 0.3) is 0 Å². The summed E-state index contributed by atoms with van der Waals surface area (Å²) < 4.78 is 4.35. The molecule has 4 heteroatoms. The fraction of sp³-hybridized carbons (Fsp3) is 0.833. The van der Waals surface area contributed by atoms with Gasteiger partial charge in [-0.25, -0.2) is 0 Å². The number of nitrogens with one attached hydrogen (secondary N) is 1. The number of esters is 1. The third kappa shape index (κ3) is 5.53. The molecular formula is C6H13NO3. The normalized spacial score (nSPS) is 10.0. The third-order valence-electron chi connectivity index (χ3n) is 0.763. The molecule has 0 unspecified atom stereocenters. The van der Waals surface area contributed by atoms with E-state index in [0.717, 1.165) is 0 Å². The van der Waals surface area contributed by atoms with Crippen molar-refractivity contribution in [3.05, 3.63) is 0 Å². The second kappa shape index (κ2) is 5.20. The van der Waals surface area contributed by atoms with Gasteiger partial charge in [0.2, 0.25) is 0 Å².